The first-order chi connectivity index (χ1) is 12.5. The largest absolute Gasteiger partial charge is 0.395 e. The predicted molar refractivity (Wildman–Crippen MR) is 97.5 cm³/mol. The van der Waals surface area contributed by atoms with Crippen molar-refractivity contribution in [2.75, 3.05) is 33.8 Å². The van der Waals surface area contributed by atoms with E-state index in [1.165, 1.54) is 11.9 Å². The highest BCUT2D eigenvalue weighted by molar-refractivity contribution is 6.05. The minimum absolute atomic E-state index is 0.115. The zero-order valence-corrected chi connectivity index (χ0v) is 15.3. The summed E-state index contributed by atoms with van der Waals surface area (Å²) in [4.78, 5) is 34.9. The Morgan fingerprint density at radius 2 is 1.92 bits per heavy atom. The number of hydrogen-bond donors (Lipinski definition) is 2. The number of aliphatic hydroxyl groups is 1. The van der Waals surface area contributed by atoms with Gasteiger partial charge in [-0.05, 0) is 12.5 Å². The summed E-state index contributed by atoms with van der Waals surface area (Å²) in [6.07, 6.45) is 0.562. The van der Waals surface area contributed by atoms with Crippen LogP contribution in [0.4, 0.5) is 4.79 Å². The average molecular weight is 359 g/mol. The number of benzene rings is 1. The van der Waals surface area contributed by atoms with E-state index in [0.29, 0.717) is 13.0 Å². The number of aliphatic imine (C=N–C) groups is 1. The number of likely N-dealkylation sites (N-methyl/N-ethyl adjacent to an activating group) is 3. The van der Waals surface area contributed by atoms with Crippen LogP contribution in [0.1, 0.15) is 12.5 Å². The Bertz CT molecular complexity index is 723. The maximum Gasteiger partial charge on any atom is 0.329 e. The molecule has 1 saturated heterocycles. The number of amidine groups is 1. The monoisotopic (exact) mass is 359 g/mol. The molecule has 0 saturated carbocycles. The summed E-state index contributed by atoms with van der Waals surface area (Å²) in [5.41, 5.74) is 1.08. The van der Waals surface area contributed by atoms with Crippen LogP contribution in [0.5, 0.6) is 0 Å². The van der Waals surface area contributed by atoms with Crippen LogP contribution < -0.4 is 5.32 Å². The van der Waals surface area contributed by atoms with Crippen molar-refractivity contribution >= 4 is 17.8 Å². The fourth-order valence-electron chi connectivity index (χ4n) is 3.68. The highest BCUT2D eigenvalue weighted by atomic mass is 16.3. The molecule has 2 atom stereocenters. The molecule has 0 radical (unpaired) electrons. The Hall–Kier alpha value is -2.45. The molecule has 2 heterocycles. The standard InChI is InChI=1S/C18H25N5O3/c1-4-23-14(12-13-8-6-5-7-9-13)20-18(19-10-11-24)15(23)16(25)21(2)17(26)22(18)3/h5-9,15,19,24H,4,10-12H2,1-3H3. The number of rotatable bonds is 6. The van der Waals surface area contributed by atoms with Crippen molar-refractivity contribution < 1.29 is 14.7 Å². The molecular weight excluding hydrogens is 334 g/mol. The predicted octanol–water partition coefficient (Wildman–Crippen LogP) is 0.0912. The molecule has 0 bridgehead atoms. The maximum atomic E-state index is 13.0. The number of nitrogens with one attached hydrogen (secondary N) is 1. The van der Waals surface area contributed by atoms with Crippen molar-refractivity contribution in [3.8, 4) is 0 Å². The number of fused-ring (bicyclic) bond motifs is 1. The molecule has 8 nitrogen and oxygen atoms in total. The molecule has 3 rings (SSSR count). The first kappa shape index (κ1) is 18.3. The number of carbonyl (C=O) groups excluding carboxylic acids is 2. The summed E-state index contributed by atoms with van der Waals surface area (Å²) in [5, 5.41) is 12.4. The second kappa shape index (κ2) is 7.05. The van der Waals surface area contributed by atoms with Crippen molar-refractivity contribution in [3.05, 3.63) is 35.9 Å². The van der Waals surface area contributed by atoms with Gasteiger partial charge in [-0.2, -0.15) is 0 Å². The highest BCUT2D eigenvalue weighted by Crippen LogP contribution is 2.35. The van der Waals surface area contributed by atoms with Crippen molar-refractivity contribution in [1.29, 1.82) is 0 Å². The van der Waals surface area contributed by atoms with Crippen LogP contribution in [-0.2, 0) is 11.2 Å². The number of hydrogen-bond acceptors (Lipinski definition) is 6. The van der Waals surface area contributed by atoms with E-state index >= 15 is 0 Å². The molecule has 0 aliphatic carbocycles. The third-order valence-corrected chi connectivity index (χ3v) is 5.02. The van der Waals surface area contributed by atoms with Crippen molar-refractivity contribution in [2.45, 2.75) is 25.2 Å². The van der Waals surface area contributed by atoms with E-state index in [1.807, 2.05) is 42.2 Å². The number of urea groups is 1. The minimum Gasteiger partial charge on any atom is -0.395 e. The number of imide groups is 1. The lowest BCUT2D eigenvalue weighted by atomic mass is 10.0. The highest BCUT2D eigenvalue weighted by Gasteiger charge is 2.60. The van der Waals surface area contributed by atoms with Gasteiger partial charge in [-0.1, -0.05) is 30.3 Å². The molecule has 2 aliphatic heterocycles. The fourth-order valence-corrected chi connectivity index (χ4v) is 3.68. The van der Waals surface area contributed by atoms with Gasteiger partial charge >= 0.3 is 6.03 Å². The molecule has 2 N–H and O–H groups in total. The summed E-state index contributed by atoms with van der Waals surface area (Å²) >= 11 is 0. The van der Waals surface area contributed by atoms with E-state index in [0.717, 1.165) is 16.3 Å². The second-order valence-corrected chi connectivity index (χ2v) is 6.49. The van der Waals surface area contributed by atoms with E-state index in [9.17, 15) is 14.7 Å². The normalized spacial score (nSPS) is 25.6. The number of amides is 3. The molecule has 0 spiro atoms. The maximum absolute atomic E-state index is 13.0. The van der Waals surface area contributed by atoms with Crippen LogP contribution in [0, 0.1) is 0 Å². The van der Waals surface area contributed by atoms with Crippen LogP contribution in [0.25, 0.3) is 0 Å². The van der Waals surface area contributed by atoms with E-state index < -0.39 is 17.9 Å². The second-order valence-electron chi connectivity index (χ2n) is 6.49. The number of nitrogens with zero attached hydrogens (tertiary/aromatic N) is 4. The lowest BCUT2D eigenvalue weighted by molar-refractivity contribution is -0.141. The van der Waals surface area contributed by atoms with Gasteiger partial charge < -0.3 is 10.0 Å². The Morgan fingerprint density at radius 1 is 1.23 bits per heavy atom. The molecule has 0 aromatic heterocycles. The zero-order valence-electron chi connectivity index (χ0n) is 15.3. The SMILES string of the molecule is CCN1C(Cc2ccccc2)=NC2(NCCO)C1C(=O)N(C)C(=O)N2C. The van der Waals surface area contributed by atoms with E-state index in [1.54, 1.807) is 7.05 Å². The minimum atomic E-state index is -1.20. The first-order valence-electron chi connectivity index (χ1n) is 8.76. The lowest BCUT2D eigenvalue weighted by Crippen LogP contribution is -2.75. The zero-order chi connectivity index (χ0) is 18.9. The molecule has 26 heavy (non-hydrogen) atoms. The third kappa shape index (κ3) is 2.75. The van der Waals surface area contributed by atoms with Gasteiger partial charge in [0.05, 0.1) is 6.61 Å². The molecule has 1 fully saturated rings. The van der Waals surface area contributed by atoms with Gasteiger partial charge in [0, 0.05) is 33.6 Å². The number of aliphatic hydroxyl groups excluding tert-OH is 1. The quantitative estimate of drug-likeness (QED) is 0.752. The molecule has 1 aromatic carbocycles. The summed E-state index contributed by atoms with van der Waals surface area (Å²) < 4.78 is 0. The van der Waals surface area contributed by atoms with Gasteiger partial charge in [-0.15, -0.1) is 0 Å². The Balaban J connectivity index is 2.05. The van der Waals surface area contributed by atoms with Gasteiger partial charge in [0.1, 0.15) is 5.84 Å². The molecule has 1 aromatic rings. The summed E-state index contributed by atoms with van der Waals surface area (Å²) in [7, 11) is 3.12. The van der Waals surface area contributed by atoms with Gasteiger partial charge in [0.25, 0.3) is 5.91 Å². The van der Waals surface area contributed by atoms with Crippen LogP contribution in [0.3, 0.4) is 0 Å². The van der Waals surface area contributed by atoms with E-state index in [-0.39, 0.29) is 19.1 Å². The Kier molecular flexibility index (Phi) is 4.97. The summed E-state index contributed by atoms with van der Waals surface area (Å²) in [5.74, 6) is -0.756. The van der Waals surface area contributed by atoms with Gasteiger partial charge in [0.15, 0.2) is 6.04 Å². The molecule has 8 heteroatoms. The van der Waals surface area contributed by atoms with Crippen LogP contribution in [0.15, 0.2) is 35.3 Å². The summed E-state index contributed by atoms with van der Waals surface area (Å²) in [6, 6.07) is 8.81. The van der Waals surface area contributed by atoms with Gasteiger partial charge in [0.2, 0.25) is 5.79 Å². The van der Waals surface area contributed by atoms with Gasteiger partial charge in [-0.3, -0.25) is 19.9 Å². The molecular formula is C18H25N5O3. The van der Waals surface area contributed by atoms with E-state index in [2.05, 4.69) is 5.32 Å². The van der Waals surface area contributed by atoms with Crippen molar-refractivity contribution in [3.63, 3.8) is 0 Å². The Morgan fingerprint density at radius 3 is 2.54 bits per heavy atom. The lowest BCUT2D eigenvalue weighted by Gasteiger charge is -2.48. The van der Waals surface area contributed by atoms with E-state index in [4.69, 9.17) is 4.99 Å². The third-order valence-electron chi connectivity index (χ3n) is 5.02. The number of carbonyl (C=O) groups is 2. The smallest absolute Gasteiger partial charge is 0.329 e. The molecule has 2 unspecified atom stereocenters. The fraction of sp³-hybridized carbons (Fsp3) is 0.500. The van der Waals surface area contributed by atoms with Crippen molar-refractivity contribution in [1.82, 2.24) is 20.0 Å². The Labute approximate surface area is 153 Å². The molecule has 140 valence electrons. The first-order valence-corrected chi connectivity index (χ1v) is 8.76. The summed E-state index contributed by atoms with van der Waals surface area (Å²) in [6.45, 7) is 2.66. The van der Waals surface area contributed by atoms with Crippen LogP contribution in [0.2, 0.25) is 0 Å². The van der Waals surface area contributed by atoms with Gasteiger partial charge in [-0.25, -0.2) is 9.79 Å². The van der Waals surface area contributed by atoms with Crippen LogP contribution in [-0.4, -0.2) is 83.2 Å². The molecule has 3 amide bonds. The van der Waals surface area contributed by atoms with Crippen molar-refractivity contribution in [2.24, 2.45) is 4.99 Å². The van der Waals surface area contributed by atoms with Crippen LogP contribution >= 0.6 is 0 Å². The molecule has 2 aliphatic rings. The topological polar surface area (TPSA) is 88.5 Å². The average Bonchev–Trinajstić information content (AvgIpc) is 2.98.